The van der Waals surface area contributed by atoms with Crippen molar-refractivity contribution in [3.63, 3.8) is 0 Å². The standard InChI is InChI=1S/C24H22N2O2S/c1-3-22-17-24(21-13-11-20(12-14-21)19-7-5-4-6-8-19)25-26(22)29(27,28)23-15-9-18(2)10-16-23/h3-16,22H,1,17H2,2H3/t22-/m0/s1. The van der Waals surface area contributed by atoms with E-state index in [4.69, 9.17) is 0 Å². The Labute approximate surface area is 171 Å². The predicted octanol–water partition coefficient (Wildman–Crippen LogP) is 5.02. The lowest BCUT2D eigenvalue weighted by Crippen LogP contribution is -2.31. The molecule has 0 radical (unpaired) electrons. The Bertz CT molecular complexity index is 1150. The first-order valence-corrected chi connectivity index (χ1v) is 10.9. The summed E-state index contributed by atoms with van der Waals surface area (Å²) in [6, 6.07) is 24.6. The highest BCUT2D eigenvalue weighted by molar-refractivity contribution is 7.89. The summed E-state index contributed by atoms with van der Waals surface area (Å²) >= 11 is 0. The van der Waals surface area contributed by atoms with Crippen LogP contribution in [-0.2, 0) is 10.0 Å². The molecule has 0 unspecified atom stereocenters. The summed E-state index contributed by atoms with van der Waals surface area (Å²) in [5.74, 6) is 0. The van der Waals surface area contributed by atoms with E-state index >= 15 is 0 Å². The molecule has 4 rings (SSSR count). The third kappa shape index (κ3) is 3.74. The van der Waals surface area contributed by atoms with E-state index in [0.29, 0.717) is 6.42 Å². The lowest BCUT2D eigenvalue weighted by Gasteiger charge is -2.20. The number of aryl methyl sites for hydroxylation is 1. The molecule has 0 aliphatic carbocycles. The Balaban J connectivity index is 1.65. The maximum Gasteiger partial charge on any atom is 0.279 e. The van der Waals surface area contributed by atoms with Crippen molar-refractivity contribution in [1.82, 2.24) is 4.41 Å². The molecule has 5 heteroatoms. The summed E-state index contributed by atoms with van der Waals surface area (Å²) in [6.45, 7) is 5.74. The van der Waals surface area contributed by atoms with Crippen molar-refractivity contribution in [2.45, 2.75) is 24.3 Å². The summed E-state index contributed by atoms with van der Waals surface area (Å²) in [4.78, 5) is 0.236. The molecule has 1 atom stereocenters. The van der Waals surface area contributed by atoms with E-state index in [9.17, 15) is 8.42 Å². The van der Waals surface area contributed by atoms with Crippen molar-refractivity contribution in [1.29, 1.82) is 0 Å². The Morgan fingerprint density at radius 3 is 2.10 bits per heavy atom. The lowest BCUT2D eigenvalue weighted by molar-refractivity contribution is 0.409. The van der Waals surface area contributed by atoms with Gasteiger partial charge in [0.25, 0.3) is 10.0 Å². The molecule has 0 aromatic heterocycles. The molecule has 3 aromatic carbocycles. The molecule has 0 amide bonds. The van der Waals surface area contributed by atoms with Gasteiger partial charge >= 0.3 is 0 Å². The maximum absolute atomic E-state index is 13.1. The molecule has 4 nitrogen and oxygen atoms in total. The van der Waals surface area contributed by atoms with Crippen LogP contribution in [0.15, 0.2) is 102 Å². The SMILES string of the molecule is C=C[C@H]1CC(c2ccc(-c3ccccc3)cc2)=NN1S(=O)(=O)c1ccc(C)cc1. The Morgan fingerprint density at radius 2 is 1.48 bits per heavy atom. The second-order valence-electron chi connectivity index (χ2n) is 7.09. The van der Waals surface area contributed by atoms with E-state index in [2.05, 4.69) is 23.8 Å². The zero-order chi connectivity index (χ0) is 20.4. The average molecular weight is 403 g/mol. The zero-order valence-corrected chi connectivity index (χ0v) is 17.0. The van der Waals surface area contributed by atoms with Crippen molar-refractivity contribution >= 4 is 15.7 Å². The Kier molecular flexibility index (Phi) is 5.07. The third-order valence-electron chi connectivity index (χ3n) is 5.07. The topological polar surface area (TPSA) is 49.7 Å². The summed E-state index contributed by atoms with van der Waals surface area (Å²) in [6.07, 6.45) is 2.14. The van der Waals surface area contributed by atoms with Crippen molar-refractivity contribution in [2.75, 3.05) is 0 Å². The number of benzene rings is 3. The van der Waals surface area contributed by atoms with E-state index in [1.807, 2.05) is 49.4 Å². The van der Waals surface area contributed by atoms with Crippen LogP contribution in [-0.4, -0.2) is 24.6 Å². The number of nitrogens with zero attached hydrogens (tertiary/aromatic N) is 2. The third-order valence-corrected chi connectivity index (χ3v) is 6.78. The van der Waals surface area contributed by atoms with Crippen LogP contribution in [0.4, 0.5) is 0 Å². The summed E-state index contributed by atoms with van der Waals surface area (Å²) in [5, 5.41) is 4.47. The van der Waals surface area contributed by atoms with Crippen molar-refractivity contribution in [3.05, 3.63) is 103 Å². The number of rotatable bonds is 5. The van der Waals surface area contributed by atoms with E-state index in [1.165, 1.54) is 4.41 Å². The fourth-order valence-corrected chi connectivity index (χ4v) is 4.81. The number of hydrogen-bond donors (Lipinski definition) is 0. The highest BCUT2D eigenvalue weighted by Crippen LogP contribution is 2.29. The van der Waals surface area contributed by atoms with Crippen LogP contribution in [0.3, 0.4) is 0 Å². The lowest BCUT2D eigenvalue weighted by atomic mass is 10.00. The maximum atomic E-state index is 13.1. The van der Waals surface area contributed by atoms with Crippen LogP contribution in [0.5, 0.6) is 0 Å². The molecule has 0 saturated heterocycles. The van der Waals surface area contributed by atoms with Crippen molar-refractivity contribution in [3.8, 4) is 11.1 Å². The second-order valence-corrected chi connectivity index (χ2v) is 8.88. The van der Waals surface area contributed by atoms with Gasteiger partial charge < -0.3 is 0 Å². The highest BCUT2D eigenvalue weighted by Gasteiger charge is 2.35. The van der Waals surface area contributed by atoms with Crippen LogP contribution in [0, 0.1) is 6.92 Å². The minimum Gasteiger partial charge on any atom is -0.200 e. The first-order chi connectivity index (χ1) is 14.0. The first-order valence-electron chi connectivity index (χ1n) is 9.46. The van der Waals surface area contributed by atoms with Crippen LogP contribution in [0.25, 0.3) is 11.1 Å². The summed E-state index contributed by atoms with van der Waals surface area (Å²) in [7, 11) is -3.73. The molecule has 0 spiro atoms. The van der Waals surface area contributed by atoms with Gasteiger partial charge in [-0.3, -0.25) is 0 Å². The summed E-state index contributed by atoms with van der Waals surface area (Å²) < 4.78 is 27.4. The van der Waals surface area contributed by atoms with Crippen molar-refractivity contribution < 1.29 is 8.42 Å². The van der Waals surface area contributed by atoms with Crippen LogP contribution < -0.4 is 0 Å². The zero-order valence-electron chi connectivity index (χ0n) is 16.2. The minimum absolute atomic E-state index is 0.236. The highest BCUT2D eigenvalue weighted by atomic mass is 32.2. The van der Waals surface area contributed by atoms with E-state index < -0.39 is 16.1 Å². The minimum atomic E-state index is -3.73. The molecular formula is C24H22N2O2S. The fourth-order valence-electron chi connectivity index (χ4n) is 3.40. The first kappa shape index (κ1) is 19.2. The molecule has 0 fully saturated rings. The Morgan fingerprint density at radius 1 is 0.897 bits per heavy atom. The summed E-state index contributed by atoms with van der Waals surface area (Å²) in [5.41, 5.74) is 4.91. The van der Waals surface area contributed by atoms with Crippen LogP contribution >= 0.6 is 0 Å². The fraction of sp³-hybridized carbons (Fsp3) is 0.125. The smallest absolute Gasteiger partial charge is 0.200 e. The molecule has 0 N–H and O–H groups in total. The number of sulfonamides is 1. The molecule has 146 valence electrons. The van der Waals surface area contributed by atoms with E-state index in [-0.39, 0.29) is 4.90 Å². The average Bonchev–Trinajstić information content (AvgIpc) is 3.20. The van der Waals surface area contributed by atoms with Crippen molar-refractivity contribution in [2.24, 2.45) is 5.10 Å². The molecule has 1 heterocycles. The normalized spacial score (nSPS) is 16.5. The number of hydrazone groups is 1. The van der Waals surface area contributed by atoms with Gasteiger partial charge in [0.05, 0.1) is 16.6 Å². The van der Waals surface area contributed by atoms with Gasteiger partial charge in [0.2, 0.25) is 0 Å². The van der Waals surface area contributed by atoms with Gasteiger partial charge in [-0.05, 0) is 35.7 Å². The van der Waals surface area contributed by atoms with Gasteiger partial charge in [-0.1, -0.05) is 78.4 Å². The van der Waals surface area contributed by atoms with E-state index in [0.717, 1.165) is 28.0 Å². The van der Waals surface area contributed by atoms with E-state index in [1.54, 1.807) is 30.3 Å². The Hall–Kier alpha value is -3.18. The molecule has 0 bridgehead atoms. The molecule has 3 aromatic rings. The van der Waals surface area contributed by atoms with Gasteiger partial charge in [-0.2, -0.15) is 17.9 Å². The van der Waals surface area contributed by atoms with Gasteiger partial charge in [0, 0.05) is 6.42 Å². The van der Waals surface area contributed by atoms with Gasteiger partial charge in [0.15, 0.2) is 0 Å². The largest absolute Gasteiger partial charge is 0.279 e. The van der Waals surface area contributed by atoms with Gasteiger partial charge in [-0.25, -0.2) is 0 Å². The second kappa shape index (κ2) is 7.68. The molecule has 1 aliphatic rings. The number of hydrogen-bond acceptors (Lipinski definition) is 3. The van der Waals surface area contributed by atoms with Gasteiger partial charge in [0.1, 0.15) is 0 Å². The predicted molar refractivity (Wildman–Crippen MR) is 117 cm³/mol. The van der Waals surface area contributed by atoms with Crippen LogP contribution in [0.2, 0.25) is 0 Å². The molecule has 1 aliphatic heterocycles. The van der Waals surface area contributed by atoms with Gasteiger partial charge in [-0.15, -0.1) is 6.58 Å². The molecule has 0 saturated carbocycles. The monoisotopic (exact) mass is 402 g/mol. The van der Waals surface area contributed by atoms with Crippen LogP contribution in [0.1, 0.15) is 17.5 Å². The molecule has 29 heavy (non-hydrogen) atoms. The molecular weight excluding hydrogens is 380 g/mol. The quantitative estimate of drug-likeness (QED) is 0.563.